The number of hydrogen-bond donors (Lipinski definition) is 2. The maximum atomic E-state index is 12.2. The Morgan fingerprint density at radius 2 is 1.83 bits per heavy atom. The Balaban J connectivity index is 1.33. The second-order valence-electron chi connectivity index (χ2n) is 5.95. The Kier molecular flexibility index (Phi) is 6.21. The number of thiazole rings is 2. The van der Waals surface area contributed by atoms with E-state index >= 15 is 0 Å². The van der Waals surface area contributed by atoms with E-state index in [0.29, 0.717) is 27.1 Å². The smallest absolute Gasteiger partial charge is 0.345 e. The van der Waals surface area contributed by atoms with Gasteiger partial charge < -0.3 is 15.1 Å². The molecule has 0 radical (unpaired) electrons. The lowest BCUT2D eigenvalue weighted by Gasteiger charge is -2.03. The molecule has 0 bridgehead atoms. The van der Waals surface area contributed by atoms with Crippen molar-refractivity contribution in [3.8, 4) is 11.3 Å². The summed E-state index contributed by atoms with van der Waals surface area (Å²) in [5.41, 5.74) is 0.786. The number of anilines is 2. The number of para-hydroxylation sites is 1. The Morgan fingerprint density at radius 3 is 2.60 bits per heavy atom. The van der Waals surface area contributed by atoms with Crippen LogP contribution >= 0.6 is 34.4 Å². The minimum Gasteiger partial charge on any atom is -0.422 e. The molecule has 30 heavy (non-hydrogen) atoms. The van der Waals surface area contributed by atoms with Crippen LogP contribution in [-0.4, -0.2) is 33.3 Å². The molecule has 0 saturated heterocycles. The fraction of sp³-hybridized carbons (Fsp3) is 0.105. The molecule has 0 aliphatic carbocycles. The number of rotatable bonds is 7. The Bertz CT molecular complexity index is 1250. The molecule has 4 aromatic rings. The van der Waals surface area contributed by atoms with E-state index in [9.17, 15) is 14.4 Å². The SMILES string of the molecule is O=C(CSCC(=O)Nc1nc(-c2cc3ccccc3oc2=O)cs1)Nc1nccs1. The van der Waals surface area contributed by atoms with E-state index in [4.69, 9.17) is 4.42 Å². The van der Waals surface area contributed by atoms with Crippen molar-refractivity contribution in [3.05, 3.63) is 57.7 Å². The zero-order valence-electron chi connectivity index (χ0n) is 15.3. The molecular formula is C19H14N4O4S3. The van der Waals surface area contributed by atoms with Crippen molar-refractivity contribution in [3.63, 3.8) is 0 Å². The largest absolute Gasteiger partial charge is 0.422 e. The molecule has 2 amide bonds. The van der Waals surface area contributed by atoms with Gasteiger partial charge >= 0.3 is 5.63 Å². The van der Waals surface area contributed by atoms with E-state index in [1.54, 1.807) is 35.2 Å². The Labute approximate surface area is 182 Å². The van der Waals surface area contributed by atoms with Gasteiger partial charge in [0.1, 0.15) is 5.58 Å². The van der Waals surface area contributed by atoms with Gasteiger partial charge in [-0.15, -0.1) is 34.4 Å². The molecule has 0 atom stereocenters. The highest BCUT2D eigenvalue weighted by molar-refractivity contribution is 8.00. The monoisotopic (exact) mass is 458 g/mol. The highest BCUT2D eigenvalue weighted by atomic mass is 32.2. The molecule has 8 nitrogen and oxygen atoms in total. The number of nitrogens with one attached hydrogen (secondary N) is 2. The van der Waals surface area contributed by atoms with Crippen molar-refractivity contribution in [1.82, 2.24) is 9.97 Å². The number of fused-ring (bicyclic) bond motifs is 1. The fourth-order valence-electron chi connectivity index (χ4n) is 2.53. The summed E-state index contributed by atoms with van der Waals surface area (Å²) in [4.78, 5) is 44.4. The normalized spacial score (nSPS) is 10.8. The molecule has 11 heteroatoms. The van der Waals surface area contributed by atoms with Crippen LogP contribution in [0.2, 0.25) is 0 Å². The lowest BCUT2D eigenvalue weighted by molar-refractivity contribution is -0.114. The van der Waals surface area contributed by atoms with Crippen LogP contribution in [0.1, 0.15) is 0 Å². The van der Waals surface area contributed by atoms with E-state index in [-0.39, 0.29) is 23.3 Å². The van der Waals surface area contributed by atoms with Gasteiger partial charge in [-0.25, -0.2) is 14.8 Å². The first-order valence-electron chi connectivity index (χ1n) is 8.64. The maximum absolute atomic E-state index is 12.2. The van der Waals surface area contributed by atoms with E-state index in [1.165, 1.54) is 34.4 Å². The second-order valence-corrected chi connectivity index (χ2v) is 8.69. The zero-order chi connectivity index (χ0) is 20.9. The van der Waals surface area contributed by atoms with Crippen LogP contribution in [0.4, 0.5) is 10.3 Å². The Morgan fingerprint density at radius 1 is 1.07 bits per heavy atom. The summed E-state index contributed by atoms with van der Waals surface area (Å²) < 4.78 is 5.33. The van der Waals surface area contributed by atoms with Crippen molar-refractivity contribution in [2.45, 2.75) is 0 Å². The summed E-state index contributed by atoms with van der Waals surface area (Å²) in [5, 5.41) is 10.5. The first kappa shape index (κ1) is 20.3. The molecule has 0 aliphatic rings. The van der Waals surface area contributed by atoms with Crippen LogP contribution in [-0.2, 0) is 9.59 Å². The average Bonchev–Trinajstić information content (AvgIpc) is 3.39. The van der Waals surface area contributed by atoms with Crippen molar-refractivity contribution in [2.75, 3.05) is 22.1 Å². The van der Waals surface area contributed by atoms with Gasteiger partial charge in [-0.2, -0.15) is 0 Å². The summed E-state index contributed by atoms with van der Waals surface area (Å²) in [6, 6.07) is 8.94. The molecule has 0 saturated carbocycles. The minimum atomic E-state index is -0.487. The topological polar surface area (TPSA) is 114 Å². The zero-order valence-corrected chi connectivity index (χ0v) is 17.7. The van der Waals surface area contributed by atoms with Crippen molar-refractivity contribution >= 4 is 67.5 Å². The fourth-order valence-corrected chi connectivity index (χ4v) is 4.42. The van der Waals surface area contributed by atoms with Gasteiger partial charge in [-0.3, -0.25) is 9.59 Å². The van der Waals surface area contributed by atoms with Gasteiger partial charge in [0.25, 0.3) is 0 Å². The van der Waals surface area contributed by atoms with Gasteiger partial charge in [-0.05, 0) is 12.1 Å². The van der Waals surface area contributed by atoms with Crippen LogP contribution < -0.4 is 16.3 Å². The third-order valence-corrected chi connectivity index (χ3v) is 6.19. The van der Waals surface area contributed by atoms with E-state index < -0.39 is 5.63 Å². The molecule has 4 rings (SSSR count). The molecule has 152 valence electrons. The van der Waals surface area contributed by atoms with Crippen molar-refractivity contribution in [2.24, 2.45) is 0 Å². The maximum Gasteiger partial charge on any atom is 0.345 e. The average molecular weight is 459 g/mol. The Hall–Kier alpha value is -3.02. The first-order valence-corrected chi connectivity index (χ1v) is 11.6. The van der Waals surface area contributed by atoms with E-state index in [0.717, 1.165) is 5.39 Å². The number of carbonyl (C=O) groups excluding carboxylic acids is 2. The number of hydrogen-bond acceptors (Lipinski definition) is 9. The quantitative estimate of drug-likeness (QED) is 0.406. The third kappa shape index (κ3) is 4.93. The second kappa shape index (κ2) is 9.20. The molecule has 1 aromatic carbocycles. The molecule has 3 heterocycles. The summed E-state index contributed by atoms with van der Waals surface area (Å²) >= 11 is 3.72. The summed E-state index contributed by atoms with van der Waals surface area (Å²) in [6.45, 7) is 0. The van der Waals surface area contributed by atoms with Crippen molar-refractivity contribution < 1.29 is 14.0 Å². The molecule has 0 aliphatic heterocycles. The summed E-state index contributed by atoms with van der Waals surface area (Å²) in [5.74, 6) is -0.275. The number of aromatic nitrogens is 2. The lowest BCUT2D eigenvalue weighted by Crippen LogP contribution is -2.18. The summed E-state index contributed by atoms with van der Waals surface area (Å²) in [6.07, 6.45) is 1.60. The number of carbonyl (C=O) groups is 2. The molecule has 2 N–H and O–H groups in total. The van der Waals surface area contributed by atoms with Gasteiger partial charge in [0.15, 0.2) is 10.3 Å². The highest BCUT2D eigenvalue weighted by Crippen LogP contribution is 2.25. The standard InChI is InChI=1S/C19H14N4O4S3/c24-15(22-18-20-5-6-29-18)9-28-10-16(25)23-19-21-13(8-30-19)12-7-11-3-1-2-4-14(11)27-17(12)26/h1-8H,9-10H2,(H,20,22,24)(H,21,23,25). The minimum absolute atomic E-state index is 0.0956. The van der Waals surface area contributed by atoms with Gasteiger partial charge in [0.2, 0.25) is 11.8 Å². The van der Waals surface area contributed by atoms with Crippen molar-refractivity contribution in [1.29, 1.82) is 0 Å². The van der Waals surface area contributed by atoms with E-state index in [1.807, 2.05) is 12.1 Å². The molecule has 0 fully saturated rings. The van der Waals surface area contributed by atoms with Gasteiger partial charge in [0.05, 0.1) is 22.8 Å². The molecule has 3 aromatic heterocycles. The molecule has 0 unspecified atom stereocenters. The number of amides is 2. The molecule has 0 spiro atoms. The van der Waals surface area contributed by atoms with Crippen LogP contribution in [0.25, 0.3) is 22.2 Å². The number of thioether (sulfide) groups is 1. The van der Waals surface area contributed by atoms with Crippen LogP contribution in [0.3, 0.4) is 0 Å². The van der Waals surface area contributed by atoms with Gasteiger partial charge in [-0.1, -0.05) is 18.2 Å². The highest BCUT2D eigenvalue weighted by Gasteiger charge is 2.13. The van der Waals surface area contributed by atoms with Crippen LogP contribution in [0, 0.1) is 0 Å². The van der Waals surface area contributed by atoms with Crippen LogP contribution in [0.5, 0.6) is 0 Å². The van der Waals surface area contributed by atoms with Crippen LogP contribution in [0.15, 0.2) is 56.5 Å². The predicted molar refractivity (Wildman–Crippen MR) is 120 cm³/mol. The predicted octanol–water partition coefficient (Wildman–Crippen LogP) is 3.68. The third-order valence-electron chi connectivity index (χ3n) is 3.81. The lowest BCUT2D eigenvalue weighted by atomic mass is 10.1. The number of nitrogens with zero attached hydrogens (tertiary/aromatic N) is 2. The first-order chi connectivity index (χ1) is 14.6. The number of benzene rings is 1. The van der Waals surface area contributed by atoms with Gasteiger partial charge in [0, 0.05) is 22.3 Å². The summed E-state index contributed by atoms with van der Waals surface area (Å²) in [7, 11) is 0. The molecular weight excluding hydrogens is 444 g/mol. The van der Waals surface area contributed by atoms with E-state index in [2.05, 4.69) is 20.6 Å².